The van der Waals surface area contributed by atoms with Gasteiger partial charge in [-0.25, -0.2) is 0 Å². The molecule has 0 radical (unpaired) electrons. The quantitative estimate of drug-likeness (QED) is 0.316. The molecule has 1 aliphatic heterocycles. The molecule has 1 amide bonds. The lowest BCUT2D eigenvalue weighted by molar-refractivity contribution is 0.0663. The minimum absolute atomic E-state index is 0.0976. The van der Waals surface area contributed by atoms with E-state index in [1.54, 1.807) is 11.8 Å². The van der Waals surface area contributed by atoms with Gasteiger partial charge in [0, 0.05) is 48.9 Å². The number of aromatic nitrogens is 3. The summed E-state index contributed by atoms with van der Waals surface area (Å²) in [5.74, 6) is 1.55. The molecule has 0 aliphatic carbocycles. The normalized spacial score (nSPS) is 14.2. The molecular weight excluding hydrogens is 490 g/mol. The minimum Gasteiger partial charge on any atom is -0.336 e. The summed E-state index contributed by atoms with van der Waals surface area (Å²) >= 11 is 7.91. The number of halogens is 1. The topological polar surface area (TPSA) is 54.3 Å². The highest BCUT2D eigenvalue weighted by Crippen LogP contribution is 2.29. The summed E-state index contributed by atoms with van der Waals surface area (Å²) < 4.78 is 2.06. The highest BCUT2D eigenvalue weighted by atomic mass is 35.5. The van der Waals surface area contributed by atoms with Crippen molar-refractivity contribution in [2.45, 2.75) is 17.3 Å². The van der Waals surface area contributed by atoms with E-state index in [-0.39, 0.29) is 5.91 Å². The van der Waals surface area contributed by atoms with Crippen LogP contribution in [0.5, 0.6) is 0 Å². The maximum atomic E-state index is 13.3. The number of piperazine rings is 1. The Balaban J connectivity index is 1.41. The van der Waals surface area contributed by atoms with Gasteiger partial charge in [0.2, 0.25) is 0 Å². The van der Waals surface area contributed by atoms with E-state index in [0.29, 0.717) is 17.2 Å². The number of rotatable bonds is 7. The number of hydrogen-bond donors (Lipinski definition) is 0. The van der Waals surface area contributed by atoms with Gasteiger partial charge in [-0.1, -0.05) is 78.0 Å². The smallest absolute Gasteiger partial charge is 0.254 e. The molecule has 184 valence electrons. The molecule has 0 N–H and O–H groups in total. The van der Waals surface area contributed by atoms with Crippen LogP contribution in [0, 0.1) is 0 Å². The second kappa shape index (κ2) is 11.3. The van der Waals surface area contributed by atoms with Gasteiger partial charge in [-0.05, 0) is 42.4 Å². The molecule has 8 heteroatoms. The average molecular weight is 518 g/mol. The lowest BCUT2D eigenvalue weighted by Gasteiger charge is -2.32. The van der Waals surface area contributed by atoms with Gasteiger partial charge in [0.05, 0.1) is 5.69 Å². The molecule has 1 saturated heterocycles. The summed E-state index contributed by atoms with van der Waals surface area (Å²) in [5, 5.41) is 10.5. The first kappa shape index (κ1) is 24.6. The zero-order valence-corrected chi connectivity index (χ0v) is 21.8. The fourth-order valence-electron chi connectivity index (χ4n) is 4.34. The molecule has 0 spiro atoms. The van der Waals surface area contributed by atoms with E-state index in [4.69, 9.17) is 11.6 Å². The first-order valence-electron chi connectivity index (χ1n) is 12.0. The van der Waals surface area contributed by atoms with Crippen LogP contribution in [0.4, 0.5) is 0 Å². The predicted octanol–water partition coefficient (Wildman–Crippen LogP) is 5.19. The number of thioether (sulfide) groups is 1. The minimum atomic E-state index is 0.0976. The molecular formula is C28H28ClN5OS. The van der Waals surface area contributed by atoms with Gasteiger partial charge in [-0.3, -0.25) is 9.36 Å². The summed E-state index contributed by atoms with van der Waals surface area (Å²) in [6, 6.07) is 25.8. The second-order valence-electron chi connectivity index (χ2n) is 8.92. The summed E-state index contributed by atoms with van der Waals surface area (Å²) in [6.45, 7) is 3.30. The van der Waals surface area contributed by atoms with E-state index in [2.05, 4.69) is 38.8 Å². The molecule has 4 aromatic rings. The van der Waals surface area contributed by atoms with Gasteiger partial charge >= 0.3 is 0 Å². The van der Waals surface area contributed by atoms with Crippen molar-refractivity contribution in [2.75, 3.05) is 33.2 Å². The summed E-state index contributed by atoms with van der Waals surface area (Å²) in [4.78, 5) is 17.5. The van der Waals surface area contributed by atoms with Crippen LogP contribution in [0.1, 0.15) is 27.3 Å². The Bertz CT molecular complexity index is 1330. The zero-order chi connectivity index (χ0) is 24.9. The Morgan fingerprint density at radius 3 is 2.44 bits per heavy atom. The molecule has 36 heavy (non-hydrogen) atoms. The van der Waals surface area contributed by atoms with E-state index in [9.17, 15) is 4.79 Å². The zero-order valence-electron chi connectivity index (χ0n) is 20.2. The summed E-state index contributed by atoms with van der Waals surface area (Å²) in [5.41, 5.74) is 3.83. The Labute approximate surface area is 220 Å². The van der Waals surface area contributed by atoms with Gasteiger partial charge in [-0.15, -0.1) is 10.2 Å². The van der Waals surface area contributed by atoms with Crippen molar-refractivity contribution in [3.63, 3.8) is 0 Å². The standard InChI is InChI=1S/C28H28ClN5OS/c1-32-14-16-33(17-15-32)27(35)25-13-6-5-10-22(25)20-36-28-31-30-26(18-21-8-3-2-4-9-21)34(28)24-12-7-11-23(29)19-24/h2-13,19H,14-18,20H2,1H3. The van der Waals surface area contributed by atoms with E-state index in [1.165, 1.54) is 0 Å². The number of likely N-dealkylation sites (N-methyl/N-ethyl adjacent to an activating group) is 1. The van der Waals surface area contributed by atoms with Gasteiger partial charge in [0.15, 0.2) is 5.16 Å². The maximum Gasteiger partial charge on any atom is 0.254 e. The molecule has 0 unspecified atom stereocenters. The van der Waals surface area contributed by atoms with Crippen molar-refractivity contribution >= 4 is 29.3 Å². The molecule has 5 rings (SSSR count). The van der Waals surface area contributed by atoms with Crippen LogP contribution in [-0.2, 0) is 12.2 Å². The van der Waals surface area contributed by atoms with Crippen LogP contribution >= 0.6 is 23.4 Å². The van der Waals surface area contributed by atoms with Crippen LogP contribution in [0.3, 0.4) is 0 Å². The molecule has 1 aromatic heterocycles. The number of carbonyl (C=O) groups excluding carboxylic acids is 1. The molecule has 1 aliphatic rings. The molecule has 2 heterocycles. The van der Waals surface area contributed by atoms with Gasteiger partial charge in [0.25, 0.3) is 5.91 Å². The predicted molar refractivity (Wildman–Crippen MR) is 145 cm³/mol. The Hall–Kier alpha value is -3.13. The van der Waals surface area contributed by atoms with Crippen molar-refractivity contribution in [3.05, 3.63) is 106 Å². The SMILES string of the molecule is CN1CCN(C(=O)c2ccccc2CSc2nnc(Cc3ccccc3)n2-c2cccc(Cl)c2)CC1. The number of amides is 1. The third kappa shape index (κ3) is 5.64. The van der Waals surface area contributed by atoms with Gasteiger partial charge in [-0.2, -0.15) is 0 Å². The highest BCUT2D eigenvalue weighted by Gasteiger charge is 2.23. The second-order valence-corrected chi connectivity index (χ2v) is 10.3. The lowest BCUT2D eigenvalue weighted by Crippen LogP contribution is -2.47. The molecule has 0 saturated carbocycles. The number of benzene rings is 3. The fourth-order valence-corrected chi connectivity index (χ4v) is 5.50. The Morgan fingerprint density at radius 1 is 0.917 bits per heavy atom. The number of hydrogen-bond acceptors (Lipinski definition) is 5. The Kier molecular flexibility index (Phi) is 7.70. The average Bonchev–Trinajstić information content (AvgIpc) is 3.30. The number of carbonyl (C=O) groups is 1. The molecule has 0 atom stereocenters. The first-order valence-corrected chi connectivity index (χ1v) is 13.4. The van der Waals surface area contributed by atoms with Crippen LogP contribution in [0.15, 0.2) is 84.0 Å². The van der Waals surface area contributed by atoms with E-state index < -0.39 is 0 Å². The monoisotopic (exact) mass is 517 g/mol. The van der Waals surface area contributed by atoms with Crippen molar-refractivity contribution in [1.29, 1.82) is 0 Å². The number of nitrogens with zero attached hydrogens (tertiary/aromatic N) is 5. The van der Waals surface area contributed by atoms with E-state index >= 15 is 0 Å². The molecule has 6 nitrogen and oxygen atoms in total. The first-order chi connectivity index (χ1) is 17.6. The van der Waals surface area contributed by atoms with Crippen LogP contribution < -0.4 is 0 Å². The van der Waals surface area contributed by atoms with Gasteiger partial charge < -0.3 is 9.80 Å². The largest absolute Gasteiger partial charge is 0.336 e. The maximum absolute atomic E-state index is 13.3. The Morgan fingerprint density at radius 2 is 1.67 bits per heavy atom. The van der Waals surface area contributed by atoms with Crippen molar-refractivity contribution in [2.24, 2.45) is 0 Å². The molecule has 1 fully saturated rings. The van der Waals surface area contributed by atoms with Crippen LogP contribution in [0.25, 0.3) is 5.69 Å². The van der Waals surface area contributed by atoms with Gasteiger partial charge in [0.1, 0.15) is 5.82 Å². The summed E-state index contributed by atoms with van der Waals surface area (Å²) in [7, 11) is 2.09. The van der Waals surface area contributed by atoms with Crippen molar-refractivity contribution in [1.82, 2.24) is 24.6 Å². The molecule has 3 aromatic carbocycles. The third-order valence-corrected chi connectivity index (χ3v) is 7.58. The van der Waals surface area contributed by atoms with E-state index in [1.807, 2.05) is 71.6 Å². The molecule has 0 bridgehead atoms. The third-order valence-electron chi connectivity index (χ3n) is 6.37. The summed E-state index contributed by atoms with van der Waals surface area (Å²) in [6.07, 6.45) is 0.652. The van der Waals surface area contributed by atoms with Crippen LogP contribution in [-0.4, -0.2) is 63.7 Å². The van der Waals surface area contributed by atoms with Crippen LogP contribution in [0.2, 0.25) is 5.02 Å². The highest BCUT2D eigenvalue weighted by molar-refractivity contribution is 7.98. The van der Waals surface area contributed by atoms with Crippen molar-refractivity contribution < 1.29 is 4.79 Å². The van der Waals surface area contributed by atoms with Crippen molar-refractivity contribution in [3.8, 4) is 5.69 Å². The lowest BCUT2D eigenvalue weighted by atomic mass is 10.1. The fraction of sp³-hybridized carbons (Fsp3) is 0.250. The van der Waals surface area contributed by atoms with E-state index in [0.717, 1.165) is 59.5 Å².